The molecule has 1 saturated heterocycles. The van der Waals surface area contributed by atoms with Crippen molar-refractivity contribution in [3.05, 3.63) is 65.7 Å². The Bertz CT molecular complexity index is 671. The lowest BCUT2D eigenvalue weighted by Crippen LogP contribution is -2.30. The fourth-order valence-electron chi connectivity index (χ4n) is 2.79. The number of imide groups is 1. The van der Waals surface area contributed by atoms with Crippen molar-refractivity contribution in [2.24, 2.45) is 11.8 Å². The Hall–Kier alpha value is -2.42. The number of amides is 2. The van der Waals surface area contributed by atoms with Gasteiger partial charge in [-0.3, -0.25) is 14.5 Å². The van der Waals surface area contributed by atoms with Gasteiger partial charge in [0.05, 0.1) is 5.69 Å². The van der Waals surface area contributed by atoms with Crippen LogP contribution in [0.5, 0.6) is 0 Å². The number of rotatable bonds is 3. The number of anilines is 1. The smallest absolute Gasteiger partial charge is 0.237 e. The first-order valence-electron chi connectivity index (χ1n) is 7.58. The van der Waals surface area contributed by atoms with Gasteiger partial charge in [-0.25, -0.2) is 0 Å². The molecule has 3 nitrogen and oxygen atoms in total. The van der Waals surface area contributed by atoms with Crippen molar-refractivity contribution in [3.8, 4) is 0 Å². The van der Waals surface area contributed by atoms with E-state index in [9.17, 15) is 9.59 Å². The van der Waals surface area contributed by atoms with Crippen molar-refractivity contribution in [3.63, 3.8) is 0 Å². The lowest BCUT2D eigenvalue weighted by atomic mass is 10.00. The van der Waals surface area contributed by atoms with Crippen LogP contribution in [0.1, 0.15) is 25.0 Å². The zero-order valence-electron chi connectivity index (χ0n) is 12.8. The molecule has 2 aromatic rings. The summed E-state index contributed by atoms with van der Waals surface area (Å²) in [5.74, 6) is -0.686. The summed E-state index contributed by atoms with van der Waals surface area (Å²) in [5, 5.41) is 0. The van der Waals surface area contributed by atoms with E-state index in [4.69, 9.17) is 0 Å². The summed E-state index contributed by atoms with van der Waals surface area (Å²) >= 11 is 0. The van der Waals surface area contributed by atoms with E-state index in [1.165, 1.54) is 10.5 Å². The van der Waals surface area contributed by atoms with Crippen LogP contribution >= 0.6 is 0 Å². The third kappa shape index (κ3) is 2.54. The molecular weight excluding hydrogens is 274 g/mol. The maximum Gasteiger partial charge on any atom is 0.237 e. The van der Waals surface area contributed by atoms with Crippen LogP contribution in [0.3, 0.4) is 0 Å². The molecule has 3 rings (SSSR count). The maximum atomic E-state index is 12.2. The minimum absolute atomic E-state index is 0.103. The molecule has 3 heteroatoms. The Morgan fingerprint density at radius 3 is 1.82 bits per heavy atom. The second-order valence-electron chi connectivity index (χ2n) is 5.92. The van der Waals surface area contributed by atoms with Crippen LogP contribution in [0.4, 0.5) is 5.69 Å². The number of nitrogens with zero attached hydrogens (tertiary/aromatic N) is 1. The predicted molar refractivity (Wildman–Crippen MR) is 86.5 cm³/mol. The third-order valence-corrected chi connectivity index (χ3v) is 4.42. The van der Waals surface area contributed by atoms with Gasteiger partial charge in [0.25, 0.3) is 0 Å². The second kappa shape index (κ2) is 5.76. The van der Waals surface area contributed by atoms with Gasteiger partial charge < -0.3 is 0 Å². The van der Waals surface area contributed by atoms with Crippen LogP contribution in [-0.4, -0.2) is 11.8 Å². The van der Waals surface area contributed by atoms with E-state index in [0.29, 0.717) is 5.69 Å². The van der Waals surface area contributed by atoms with Crippen LogP contribution in [0.25, 0.3) is 0 Å². The molecule has 0 aliphatic carbocycles. The molecule has 112 valence electrons. The highest BCUT2D eigenvalue weighted by Crippen LogP contribution is 2.30. The number of benzene rings is 2. The van der Waals surface area contributed by atoms with Gasteiger partial charge in [-0.15, -0.1) is 0 Å². The molecule has 1 aliphatic heterocycles. The molecule has 0 radical (unpaired) electrons. The molecule has 1 heterocycles. The van der Waals surface area contributed by atoms with Crippen molar-refractivity contribution >= 4 is 17.5 Å². The predicted octanol–water partition coefficient (Wildman–Crippen LogP) is 3.42. The van der Waals surface area contributed by atoms with E-state index in [0.717, 1.165) is 12.0 Å². The number of carbonyl (C=O) groups is 2. The minimum atomic E-state index is -0.239. The van der Waals surface area contributed by atoms with Gasteiger partial charge in [0.2, 0.25) is 11.8 Å². The highest BCUT2D eigenvalue weighted by atomic mass is 16.2. The van der Waals surface area contributed by atoms with Crippen molar-refractivity contribution in [1.82, 2.24) is 0 Å². The Labute approximate surface area is 130 Å². The molecule has 0 bridgehead atoms. The molecule has 1 aliphatic rings. The molecular formula is C19H19NO2. The summed E-state index contributed by atoms with van der Waals surface area (Å²) < 4.78 is 0. The zero-order valence-corrected chi connectivity index (χ0v) is 12.8. The Morgan fingerprint density at radius 1 is 0.773 bits per heavy atom. The van der Waals surface area contributed by atoms with E-state index in [2.05, 4.69) is 12.1 Å². The first-order chi connectivity index (χ1) is 10.6. The van der Waals surface area contributed by atoms with E-state index in [-0.39, 0.29) is 23.7 Å². The molecule has 2 atom stereocenters. The minimum Gasteiger partial charge on any atom is -0.274 e. The highest BCUT2D eigenvalue weighted by molar-refractivity contribution is 6.21. The highest BCUT2D eigenvalue weighted by Gasteiger charge is 2.42. The second-order valence-corrected chi connectivity index (χ2v) is 5.92. The first kappa shape index (κ1) is 14.5. The Balaban J connectivity index is 1.80. The van der Waals surface area contributed by atoms with Crippen LogP contribution in [-0.2, 0) is 16.0 Å². The van der Waals surface area contributed by atoms with E-state index < -0.39 is 0 Å². The summed E-state index contributed by atoms with van der Waals surface area (Å²) in [4.78, 5) is 25.7. The van der Waals surface area contributed by atoms with Crippen LogP contribution < -0.4 is 4.90 Å². The summed E-state index contributed by atoms with van der Waals surface area (Å²) in [5.41, 5.74) is 3.07. The zero-order chi connectivity index (χ0) is 15.7. The van der Waals surface area contributed by atoms with Gasteiger partial charge in [0, 0.05) is 11.8 Å². The largest absolute Gasteiger partial charge is 0.274 e. The molecule has 0 saturated carbocycles. The fraction of sp³-hybridized carbons (Fsp3) is 0.263. The van der Waals surface area contributed by atoms with Crippen LogP contribution in [0.15, 0.2) is 54.6 Å². The normalized spacial score (nSPS) is 21.5. The maximum absolute atomic E-state index is 12.2. The quantitative estimate of drug-likeness (QED) is 0.813. The topological polar surface area (TPSA) is 37.4 Å². The number of hydrogen-bond acceptors (Lipinski definition) is 2. The van der Waals surface area contributed by atoms with E-state index >= 15 is 0 Å². The molecule has 22 heavy (non-hydrogen) atoms. The van der Waals surface area contributed by atoms with Crippen molar-refractivity contribution < 1.29 is 9.59 Å². The molecule has 2 unspecified atom stereocenters. The third-order valence-electron chi connectivity index (χ3n) is 4.42. The standard InChI is InChI=1S/C19H19NO2/c1-13-14(2)19(22)20(18(13)21)17-10-8-16(9-11-17)12-15-6-4-3-5-7-15/h3-11,13-14H,12H2,1-2H3. The summed E-state index contributed by atoms with van der Waals surface area (Å²) in [6.45, 7) is 3.63. The molecule has 0 aromatic heterocycles. The average Bonchev–Trinajstić information content (AvgIpc) is 2.73. The molecule has 2 aromatic carbocycles. The van der Waals surface area contributed by atoms with Gasteiger partial charge >= 0.3 is 0 Å². The summed E-state index contributed by atoms with van der Waals surface area (Å²) in [7, 11) is 0. The van der Waals surface area contributed by atoms with Crippen molar-refractivity contribution in [2.75, 3.05) is 4.90 Å². The summed E-state index contributed by atoms with van der Waals surface area (Å²) in [6, 6.07) is 17.9. The lowest BCUT2D eigenvalue weighted by Gasteiger charge is -2.15. The SMILES string of the molecule is CC1C(=O)N(c2ccc(Cc3ccccc3)cc2)C(=O)C1C. The monoisotopic (exact) mass is 293 g/mol. The van der Waals surface area contributed by atoms with E-state index in [1.807, 2.05) is 56.3 Å². The molecule has 0 N–H and O–H groups in total. The lowest BCUT2D eigenvalue weighted by molar-refractivity contribution is -0.122. The average molecular weight is 293 g/mol. The van der Waals surface area contributed by atoms with Crippen molar-refractivity contribution in [2.45, 2.75) is 20.3 Å². The van der Waals surface area contributed by atoms with Gasteiger partial charge in [-0.1, -0.05) is 56.3 Å². The summed E-state index contributed by atoms with van der Waals surface area (Å²) in [6.07, 6.45) is 0.843. The van der Waals surface area contributed by atoms with Crippen LogP contribution in [0, 0.1) is 11.8 Å². The number of carbonyl (C=O) groups excluding carboxylic acids is 2. The van der Waals surface area contributed by atoms with Gasteiger partial charge in [-0.05, 0) is 29.7 Å². The van der Waals surface area contributed by atoms with Crippen molar-refractivity contribution in [1.29, 1.82) is 0 Å². The molecule has 0 spiro atoms. The molecule has 1 fully saturated rings. The van der Waals surface area contributed by atoms with Gasteiger partial charge in [0.1, 0.15) is 0 Å². The van der Waals surface area contributed by atoms with Crippen LogP contribution in [0.2, 0.25) is 0 Å². The Kier molecular flexibility index (Phi) is 3.80. The first-order valence-corrected chi connectivity index (χ1v) is 7.58. The number of hydrogen-bond donors (Lipinski definition) is 0. The Morgan fingerprint density at radius 2 is 1.27 bits per heavy atom. The fourth-order valence-corrected chi connectivity index (χ4v) is 2.79. The van der Waals surface area contributed by atoms with E-state index in [1.54, 1.807) is 0 Å². The molecule has 2 amide bonds. The van der Waals surface area contributed by atoms with Gasteiger partial charge in [0.15, 0.2) is 0 Å². The van der Waals surface area contributed by atoms with Gasteiger partial charge in [-0.2, -0.15) is 0 Å².